The molecule has 2 aromatic carbocycles. The summed E-state index contributed by atoms with van der Waals surface area (Å²) < 4.78 is 5.36. The van der Waals surface area contributed by atoms with Crippen molar-refractivity contribution in [3.05, 3.63) is 71.9 Å². The molecule has 3 aliphatic heterocycles. The fourth-order valence-corrected chi connectivity index (χ4v) is 5.29. The summed E-state index contributed by atoms with van der Waals surface area (Å²) in [7, 11) is 1.67. The molecule has 3 fully saturated rings. The molecule has 3 saturated heterocycles. The van der Waals surface area contributed by atoms with E-state index in [-0.39, 0.29) is 6.04 Å². The molecule has 0 unspecified atom stereocenters. The molecule has 3 aliphatic rings. The number of carboxylic acid groups (broad SMARTS) is 1. The van der Waals surface area contributed by atoms with Crippen LogP contribution in [0, 0.1) is 11.8 Å². The lowest BCUT2D eigenvalue weighted by Gasteiger charge is -2.51. The van der Waals surface area contributed by atoms with Crippen LogP contribution in [-0.4, -0.2) is 52.3 Å². The van der Waals surface area contributed by atoms with Crippen LogP contribution in [0.5, 0.6) is 5.75 Å². The first-order chi connectivity index (χ1) is 16.0. The molecule has 0 radical (unpaired) electrons. The summed E-state index contributed by atoms with van der Waals surface area (Å²) in [6.07, 6.45) is 4.97. The molecule has 0 saturated carbocycles. The molecule has 5 atom stereocenters. The summed E-state index contributed by atoms with van der Waals surface area (Å²) in [5.41, 5.74) is 2.22. The Balaban J connectivity index is 0.000000243. The minimum Gasteiger partial charge on any atom is -0.497 e. The highest BCUT2D eigenvalue weighted by Gasteiger charge is 2.42. The van der Waals surface area contributed by atoms with Gasteiger partial charge in [-0.05, 0) is 73.2 Å². The Labute approximate surface area is 194 Å². The van der Waals surface area contributed by atoms with Gasteiger partial charge in [-0.15, -0.1) is 0 Å². The summed E-state index contributed by atoms with van der Waals surface area (Å²) in [6, 6.07) is 16.4. The van der Waals surface area contributed by atoms with Crippen LogP contribution in [0.2, 0.25) is 0 Å². The molecule has 6 nitrogen and oxygen atoms in total. The fraction of sp³-hybridized carbons (Fsp3) is 0.407. The Morgan fingerprint density at radius 2 is 2.00 bits per heavy atom. The summed E-state index contributed by atoms with van der Waals surface area (Å²) in [5, 5.41) is 20.6. The summed E-state index contributed by atoms with van der Waals surface area (Å²) in [4.78, 5) is 17.1. The molecular weight excluding hydrogens is 416 g/mol. The maximum Gasteiger partial charge on any atom is 0.335 e. The number of carbonyl (C=O) groups is 1. The minimum atomic E-state index is -0.879. The largest absolute Gasteiger partial charge is 0.497 e. The molecule has 33 heavy (non-hydrogen) atoms. The first kappa shape index (κ1) is 23.2. The Bertz CT molecular complexity index is 1090. The molecule has 2 N–H and O–H groups in total. The molecule has 6 heteroatoms. The van der Waals surface area contributed by atoms with Crippen molar-refractivity contribution >= 4 is 16.9 Å². The van der Waals surface area contributed by atoms with Gasteiger partial charge in [0.05, 0.1) is 24.3 Å². The van der Waals surface area contributed by atoms with E-state index in [2.05, 4.69) is 16.8 Å². The van der Waals surface area contributed by atoms with Crippen LogP contribution in [0.25, 0.3) is 10.9 Å². The Kier molecular flexibility index (Phi) is 7.26. The molecule has 1 aromatic heterocycles. The fourth-order valence-electron chi connectivity index (χ4n) is 5.29. The third kappa shape index (κ3) is 5.02. The van der Waals surface area contributed by atoms with Gasteiger partial charge in [-0.2, -0.15) is 0 Å². The van der Waals surface area contributed by atoms with Crippen molar-refractivity contribution < 1.29 is 19.7 Å². The van der Waals surface area contributed by atoms with E-state index in [1.54, 1.807) is 43.6 Å². The van der Waals surface area contributed by atoms with E-state index >= 15 is 0 Å². The molecule has 0 amide bonds. The van der Waals surface area contributed by atoms with E-state index in [1.807, 2.05) is 24.3 Å². The van der Waals surface area contributed by atoms with Crippen LogP contribution in [-0.2, 0) is 0 Å². The van der Waals surface area contributed by atoms with Gasteiger partial charge >= 0.3 is 5.97 Å². The number of aromatic carboxylic acids is 1. The predicted molar refractivity (Wildman–Crippen MR) is 129 cm³/mol. The second-order valence-electron chi connectivity index (χ2n) is 8.91. The highest BCUT2D eigenvalue weighted by Crippen LogP contribution is 2.42. The molecular formula is C27H32N2O4. The van der Waals surface area contributed by atoms with Crippen LogP contribution >= 0.6 is 0 Å². The molecule has 3 aromatic rings. The van der Waals surface area contributed by atoms with Gasteiger partial charge in [0.15, 0.2) is 0 Å². The highest BCUT2D eigenvalue weighted by molar-refractivity contribution is 5.87. The van der Waals surface area contributed by atoms with Crippen LogP contribution in [0.1, 0.15) is 48.2 Å². The Morgan fingerprint density at radius 1 is 1.21 bits per heavy atom. The van der Waals surface area contributed by atoms with Gasteiger partial charge in [-0.25, -0.2) is 4.79 Å². The van der Waals surface area contributed by atoms with E-state index in [4.69, 9.17) is 9.84 Å². The molecule has 0 aliphatic carbocycles. The zero-order chi connectivity index (χ0) is 23.4. The van der Waals surface area contributed by atoms with Crippen LogP contribution in [0.3, 0.4) is 0 Å². The number of hydrogen-bond donors (Lipinski definition) is 2. The molecule has 0 spiro atoms. The Hall–Kier alpha value is -2.96. The van der Waals surface area contributed by atoms with Crippen molar-refractivity contribution in [1.29, 1.82) is 0 Å². The number of ether oxygens (including phenoxy) is 1. The van der Waals surface area contributed by atoms with Crippen molar-refractivity contribution in [2.45, 2.75) is 38.3 Å². The number of pyridine rings is 1. The molecule has 6 rings (SSSR count). The average molecular weight is 449 g/mol. The number of fused-ring (bicyclic) bond motifs is 4. The minimum absolute atomic E-state index is 0.225. The van der Waals surface area contributed by atoms with Crippen LogP contribution in [0.15, 0.2) is 60.8 Å². The lowest BCUT2D eigenvalue weighted by Crippen LogP contribution is -2.55. The summed E-state index contributed by atoms with van der Waals surface area (Å²) in [5.74, 6) is 1.50. The van der Waals surface area contributed by atoms with Crippen molar-refractivity contribution in [3.63, 3.8) is 0 Å². The number of aliphatic hydroxyl groups excluding tert-OH is 1. The van der Waals surface area contributed by atoms with Gasteiger partial charge < -0.3 is 14.9 Å². The predicted octanol–water partition coefficient (Wildman–Crippen LogP) is 4.78. The SMILES string of the molecule is CC[C@H]1C[N@]2CC[C@H]1C[C@@H]2[C@@H](O)c1ccnc2ccc(OC)cc12.O=C(O)c1ccccc1. The van der Waals surface area contributed by atoms with Crippen molar-refractivity contribution in [3.8, 4) is 5.75 Å². The highest BCUT2D eigenvalue weighted by atomic mass is 16.5. The maximum atomic E-state index is 11.2. The van der Waals surface area contributed by atoms with Gasteiger partial charge in [0.25, 0.3) is 0 Å². The molecule has 174 valence electrons. The third-order valence-electron chi connectivity index (χ3n) is 7.15. The first-order valence-electron chi connectivity index (χ1n) is 11.6. The summed E-state index contributed by atoms with van der Waals surface area (Å²) >= 11 is 0. The first-order valence-corrected chi connectivity index (χ1v) is 11.6. The average Bonchev–Trinajstić information content (AvgIpc) is 2.88. The topological polar surface area (TPSA) is 82.9 Å². The zero-order valence-electron chi connectivity index (χ0n) is 19.2. The van der Waals surface area contributed by atoms with Gasteiger partial charge in [0.1, 0.15) is 5.75 Å². The normalized spacial score (nSPS) is 24.6. The van der Waals surface area contributed by atoms with E-state index in [9.17, 15) is 9.90 Å². The van der Waals surface area contributed by atoms with E-state index in [0.29, 0.717) is 5.56 Å². The Morgan fingerprint density at radius 3 is 2.61 bits per heavy atom. The van der Waals surface area contributed by atoms with Crippen molar-refractivity contribution in [1.82, 2.24) is 9.88 Å². The van der Waals surface area contributed by atoms with Crippen molar-refractivity contribution in [2.75, 3.05) is 20.2 Å². The number of nitrogens with zero attached hydrogens (tertiary/aromatic N) is 2. The second-order valence-corrected chi connectivity index (χ2v) is 8.91. The van der Waals surface area contributed by atoms with Gasteiger partial charge in [0, 0.05) is 24.2 Å². The quantitative estimate of drug-likeness (QED) is 0.584. The smallest absolute Gasteiger partial charge is 0.335 e. The maximum absolute atomic E-state index is 11.2. The van der Waals surface area contributed by atoms with E-state index in [1.165, 1.54) is 12.8 Å². The van der Waals surface area contributed by atoms with E-state index in [0.717, 1.165) is 53.6 Å². The molecule has 4 heterocycles. The third-order valence-corrected chi connectivity index (χ3v) is 7.15. The monoisotopic (exact) mass is 448 g/mol. The van der Waals surface area contributed by atoms with Crippen LogP contribution in [0.4, 0.5) is 0 Å². The second kappa shape index (κ2) is 10.3. The van der Waals surface area contributed by atoms with Gasteiger partial charge in [0.2, 0.25) is 0 Å². The van der Waals surface area contributed by atoms with Gasteiger partial charge in [-0.3, -0.25) is 9.88 Å². The standard InChI is InChI=1S/C20H26N2O2.C7H6O2/c1-3-13-12-22-9-7-14(13)10-19(22)20(23)16-6-8-21-18-5-4-15(24-2)11-17(16)18;8-7(9)6-4-2-1-3-5-6/h4-6,8,11,13-14,19-20,23H,3,7,9-10,12H2,1-2H3;1-5H,(H,8,9)/t13-,14-,19+,20-;/m0./s1. The van der Waals surface area contributed by atoms with E-state index < -0.39 is 12.1 Å². The lowest BCUT2D eigenvalue weighted by atomic mass is 9.72. The van der Waals surface area contributed by atoms with Gasteiger partial charge in [-0.1, -0.05) is 31.5 Å². The number of hydrogen-bond acceptors (Lipinski definition) is 5. The number of rotatable bonds is 5. The number of aromatic nitrogens is 1. The number of piperidine rings is 3. The lowest BCUT2D eigenvalue weighted by molar-refractivity contribution is -0.0562. The van der Waals surface area contributed by atoms with Crippen molar-refractivity contribution in [2.24, 2.45) is 11.8 Å². The zero-order valence-corrected chi connectivity index (χ0v) is 19.2. The number of aliphatic hydroxyl groups is 1. The number of methoxy groups -OCH3 is 1. The number of carboxylic acids is 1. The van der Waals surface area contributed by atoms with Crippen LogP contribution < -0.4 is 4.74 Å². The summed E-state index contributed by atoms with van der Waals surface area (Å²) in [6.45, 7) is 4.55. The number of benzene rings is 2. The molecule has 2 bridgehead atoms.